The summed E-state index contributed by atoms with van der Waals surface area (Å²) in [5.74, 6) is 1.66. The van der Waals surface area contributed by atoms with Crippen molar-refractivity contribution in [2.45, 2.75) is 11.4 Å². The SMILES string of the molecule is N#Cc1ccccc1S(=O)(=O)N1CCN(c2nc(C[NH+]3CCOCC3)nc3scc(-c4ccccc4)c23)CC1. The molecule has 4 heterocycles. The summed E-state index contributed by atoms with van der Waals surface area (Å²) < 4.78 is 33.8. The molecule has 2 aliphatic heterocycles. The molecule has 0 aliphatic carbocycles. The molecule has 0 amide bonds. The van der Waals surface area contributed by atoms with Crippen LogP contribution in [0, 0.1) is 11.3 Å². The second-order valence-electron chi connectivity index (χ2n) is 9.70. The van der Waals surface area contributed by atoms with E-state index in [0.717, 1.165) is 65.8 Å². The Morgan fingerprint density at radius 1 is 0.974 bits per heavy atom. The lowest BCUT2D eigenvalue weighted by Gasteiger charge is -2.35. The number of hydrogen-bond donors (Lipinski definition) is 1. The van der Waals surface area contributed by atoms with Gasteiger partial charge in [-0.15, -0.1) is 11.3 Å². The van der Waals surface area contributed by atoms with Gasteiger partial charge in [-0.05, 0) is 17.7 Å². The Morgan fingerprint density at radius 3 is 2.44 bits per heavy atom. The molecule has 39 heavy (non-hydrogen) atoms. The number of aromatic nitrogens is 2. The molecule has 0 saturated carbocycles. The Morgan fingerprint density at radius 2 is 1.69 bits per heavy atom. The van der Waals surface area contributed by atoms with E-state index in [2.05, 4.69) is 22.4 Å². The van der Waals surface area contributed by atoms with Crippen LogP contribution in [0.5, 0.6) is 0 Å². The Balaban J connectivity index is 1.33. The summed E-state index contributed by atoms with van der Waals surface area (Å²) in [6.45, 7) is 5.67. The molecule has 2 saturated heterocycles. The van der Waals surface area contributed by atoms with Gasteiger partial charge in [-0.1, -0.05) is 42.5 Å². The van der Waals surface area contributed by atoms with Crippen molar-refractivity contribution >= 4 is 37.4 Å². The predicted octanol–water partition coefficient (Wildman–Crippen LogP) is 2.16. The Bertz CT molecular complexity index is 1620. The number of nitrogens with zero attached hydrogens (tertiary/aromatic N) is 5. The number of ether oxygens (including phenoxy) is 1. The number of quaternary nitrogens is 1. The van der Waals surface area contributed by atoms with Gasteiger partial charge in [0.2, 0.25) is 10.0 Å². The van der Waals surface area contributed by atoms with Gasteiger partial charge in [0.25, 0.3) is 0 Å². The minimum absolute atomic E-state index is 0.0605. The van der Waals surface area contributed by atoms with E-state index in [9.17, 15) is 13.7 Å². The first kappa shape index (κ1) is 25.9. The molecule has 1 N–H and O–H groups in total. The maximum Gasteiger partial charge on any atom is 0.244 e. The number of sulfonamides is 1. The smallest absolute Gasteiger partial charge is 0.244 e. The van der Waals surface area contributed by atoms with Crippen molar-refractivity contribution in [2.24, 2.45) is 0 Å². The number of piperazine rings is 1. The minimum Gasteiger partial charge on any atom is -0.370 e. The summed E-state index contributed by atoms with van der Waals surface area (Å²) in [5.41, 5.74) is 2.36. The third-order valence-corrected chi connectivity index (χ3v) is 10.1. The number of thiophene rings is 1. The normalized spacial score (nSPS) is 17.4. The van der Waals surface area contributed by atoms with E-state index in [1.807, 2.05) is 24.3 Å². The lowest BCUT2D eigenvalue weighted by molar-refractivity contribution is -0.922. The number of fused-ring (bicyclic) bond motifs is 1. The van der Waals surface area contributed by atoms with Crippen LogP contribution in [-0.4, -0.2) is 75.2 Å². The molecule has 9 nitrogen and oxygen atoms in total. The van der Waals surface area contributed by atoms with Gasteiger partial charge < -0.3 is 14.5 Å². The first-order valence-corrected chi connectivity index (χ1v) is 15.4. The van der Waals surface area contributed by atoms with Crippen LogP contribution in [0.1, 0.15) is 11.4 Å². The largest absolute Gasteiger partial charge is 0.370 e. The number of morpholine rings is 1. The molecule has 0 spiro atoms. The van der Waals surface area contributed by atoms with Gasteiger partial charge in [-0.25, -0.2) is 18.4 Å². The average Bonchev–Trinajstić information content (AvgIpc) is 3.42. The van der Waals surface area contributed by atoms with Crippen molar-refractivity contribution in [3.63, 3.8) is 0 Å². The molecular weight excluding hydrogens is 532 g/mol. The van der Waals surface area contributed by atoms with E-state index in [1.54, 1.807) is 29.5 Å². The van der Waals surface area contributed by atoms with E-state index in [1.165, 1.54) is 15.3 Å². The van der Waals surface area contributed by atoms with Gasteiger partial charge in [0.1, 0.15) is 36.4 Å². The highest BCUT2D eigenvalue weighted by atomic mass is 32.2. The molecule has 11 heteroatoms. The van der Waals surface area contributed by atoms with E-state index in [-0.39, 0.29) is 10.5 Å². The number of hydrogen-bond acceptors (Lipinski definition) is 8. The van der Waals surface area contributed by atoms with Crippen LogP contribution in [0.15, 0.2) is 64.9 Å². The quantitative estimate of drug-likeness (QED) is 0.385. The summed E-state index contributed by atoms with van der Waals surface area (Å²) in [7, 11) is -3.78. The van der Waals surface area contributed by atoms with Gasteiger partial charge in [0.05, 0.1) is 29.1 Å². The second kappa shape index (κ2) is 11.0. The van der Waals surface area contributed by atoms with E-state index in [4.69, 9.17) is 14.7 Å². The molecule has 4 aromatic rings. The van der Waals surface area contributed by atoms with Crippen molar-refractivity contribution in [1.29, 1.82) is 5.26 Å². The topological polar surface area (TPSA) is 104 Å². The molecule has 0 unspecified atom stereocenters. The predicted molar refractivity (Wildman–Crippen MR) is 150 cm³/mol. The van der Waals surface area contributed by atoms with Crippen molar-refractivity contribution in [2.75, 3.05) is 57.4 Å². The third kappa shape index (κ3) is 5.14. The average molecular weight is 562 g/mol. The molecular formula is C28H29N6O3S2+. The fraction of sp³-hybridized carbons (Fsp3) is 0.321. The van der Waals surface area contributed by atoms with Crippen molar-refractivity contribution in [3.8, 4) is 17.2 Å². The molecule has 0 radical (unpaired) electrons. The van der Waals surface area contributed by atoms with Crippen molar-refractivity contribution in [3.05, 3.63) is 71.4 Å². The zero-order chi connectivity index (χ0) is 26.8. The summed E-state index contributed by atoms with van der Waals surface area (Å²) in [6.07, 6.45) is 0. The van der Waals surface area contributed by atoms with Crippen LogP contribution in [0.4, 0.5) is 5.82 Å². The molecule has 2 aliphatic rings. The Labute approximate surface area is 231 Å². The fourth-order valence-electron chi connectivity index (χ4n) is 5.23. The van der Waals surface area contributed by atoms with Crippen LogP contribution < -0.4 is 9.80 Å². The standard InChI is InChI=1S/C28H28N6O3S2/c29-18-22-8-4-5-9-24(22)39(35,36)34-12-10-33(11-13-34)27-26-23(21-6-2-1-3-7-21)20-38-28(26)31-25(30-27)19-32-14-16-37-17-15-32/h1-9,20H,10-17,19H2/p+1. The molecule has 2 fully saturated rings. The van der Waals surface area contributed by atoms with Crippen LogP contribution in [0.25, 0.3) is 21.3 Å². The zero-order valence-corrected chi connectivity index (χ0v) is 23.0. The first-order valence-electron chi connectivity index (χ1n) is 13.0. The van der Waals surface area contributed by atoms with E-state index >= 15 is 0 Å². The molecule has 0 atom stereocenters. The van der Waals surface area contributed by atoms with Gasteiger partial charge in [0.15, 0.2) is 5.82 Å². The van der Waals surface area contributed by atoms with Gasteiger partial charge in [-0.2, -0.15) is 9.57 Å². The monoisotopic (exact) mass is 561 g/mol. The van der Waals surface area contributed by atoms with Crippen LogP contribution in [0.3, 0.4) is 0 Å². The van der Waals surface area contributed by atoms with Gasteiger partial charge in [0, 0.05) is 37.1 Å². The molecule has 2 aromatic carbocycles. The van der Waals surface area contributed by atoms with Crippen LogP contribution in [-0.2, 0) is 21.3 Å². The summed E-state index contributed by atoms with van der Waals surface area (Å²) >= 11 is 1.62. The highest BCUT2D eigenvalue weighted by Crippen LogP contribution is 2.38. The molecule has 0 bridgehead atoms. The van der Waals surface area contributed by atoms with Crippen LogP contribution >= 0.6 is 11.3 Å². The first-order chi connectivity index (χ1) is 19.0. The number of nitriles is 1. The zero-order valence-electron chi connectivity index (χ0n) is 21.4. The Hall–Kier alpha value is -3.40. The van der Waals surface area contributed by atoms with Crippen molar-refractivity contribution in [1.82, 2.24) is 14.3 Å². The van der Waals surface area contributed by atoms with Crippen LogP contribution in [0.2, 0.25) is 0 Å². The highest BCUT2D eigenvalue weighted by Gasteiger charge is 2.32. The molecule has 200 valence electrons. The number of rotatable bonds is 6. The summed E-state index contributed by atoms with van der Waals surface area (Å²) in [5, 5.41) is 12.6. The fourth-order valence-corrected chi connectivity index (χ4v) is 7.75. The van der Waals surface area contributed by atoms with E-state index in [0.29, 0.717) is 26.2 Å². The van der Waals surface area contributed by atoms with Gasteiger partial charge >= 0.3 is 0 Å². The maximum atomic E-state index is 13.4. The number of nitrogens with one attached hydrogen (secondary N) is 1. The second-order valence-corrected chi connectivity index (χ2v) is 12.5. The lowest BCUT2D eigenvalue weighted by atomic mass is 10.1. The maximum absolute atomic E-state index is 13.4. The van der Waals surface area contributed by atoms with Crippen molar-refractivity contribution < 1.29 is 18.1 Å². The summed E-state index contributed by atoms with van der Waals surface area (Å²) in [4.78, 5) is 14.7. The van der Waals surface area contributed by atoms with E-state index < -0.39 is 10.0 Å². The number of benzene rings is 2. The minimum atomic E-state index is -3.78. The Kier molecular flexibility index (Phi) is 7.29. The highest BCUT2D eigenvalue weighted by molar-refractivity contribution is 7.89. The molecule has 6 rings (SSSR count). The summed E-state index contributed by atoms with van der Waals surface area (Å²) in [6, 6.07) is 18.6. The lowest BCUT2D eigenvalue weighted by Crippen LogP contribution is -3.12. The molecule has 2 aromatic heterocycles. The third-order valence-electron chi connectivity index (χ3n) is 7.32. The van der Waals surface area contributed by atoms with Gasteiger partial charge in [-0.3, -0.25) is 0 Å². The number of anilines is 1.